The van der Waals surface area contributed by atoms with E-state index >= 15 is 0 Å². The highest BCUT2D eigenvalue weighted by molar-refractivity contribution is 7.91. The van der Waals surface area contributed by atoms with Crippen LogP contribution in [-0.4, -0.2) is 54.2 Å². The van der Waals surface area contributed by atoms with Crippen molar-refractivity contribution in [2.24, 2.45) is 0 Å². The van der Waals surface area contributed by atoms with Crippen LogP contribution in [0.4, 0.5) is 0 Å². The van der Waals surface area contributed by atoms with E-state index in [0.29, 0.717) is 5.75 Å². The van der Waals surface area contributed by atoms with E-state index in [1.807, 2.05) is 13.8 Å². The first-order chi connectivity index (χ1) is 6.83. The second-order valence-electron chi connectivity index (χ2n) is 5.21. The van der Waals surface area contributed by atoms with Crippen molar-refractivity contribution in [1.29, 1.82) is 0 Å². The van der Waals surface area contributed by atoms with Crippen molar-refractivity contribution < 1.29 is 13.5 Å². The predicted octanol–water partition coefficient (Wildman–Crippen LogP) is 0.0187. The van der Waals surface area contributed by atoms with Crippen LogP contribution in [0.15, 0.2) is 0 Å². The number of hydrogen-bond donors (Lipinski definition) is 1. The molecule has 88 valence electrons. The van der Waals surface area contributed by atoms with E-state index in [0.717, 1.165) is 19.4 Å². The van der Waals surface area contributed by atoms with Gasteiger partial charge in [0.1, 0.15) is 0 Å². The maximum atomic E-state index is 11.4. The summed E-state index contributed by atoms with van der Waals surface area (Å²) in [6, 6.07) is 0.113. The molecule has 0 aromatic rings. The van der Waals surface area contributed by atoms with E-state index in [4.69, 9.17) is 0 Å². The smallest absolute Gasteiger partial charge is 0.151 e. The van der Waals surface area contributed by atoms with Gasteiger partial charge in [0, 0.05) is 18.1 Å². The molecule has 0 spiro atoms. The Labute approximate surface area is 91.2 Å². The number of aliphatic hydroxyl groups is 1. The molecule has 2 unspecified atom stereocenters. The number of likely N-dealkylation sites (tertiary alicyclic amines) is 1. The van der Waals surface area contributed by atoms with E-state index in [-0.39, 0.29) is 23.4 Å². The minimum absolute atomic E-state index is 0.113. The zero-order valence-corrected chi connectivity index (χ0v) is 10.1. The van der Waals surface area contributed by atoms with Gasteiger partial charge < -0.3 is 5.11 Å². The van der Waals surface area contributed by atoms with Crippen molar-refractivity contribution in [3.63, 3.8) is 0 Å². The zero-order valence-electron chi connectivity index (χ0n) is 9.31. The Balaban J connectivity index is 2.13. The lowest BCUT2D eigenvalue weighted by Gasteiger charge is -2.37. The van der Waals surface area contributed by atoms with Crippen LogP contribution < -0.4 is 0 Å². The summed E-state index contributed by atoms with van der Waals surface area (Å²) in [7, 11) is -2.82. The molecule has 2 aliphatic rings. The highest BCUT2D eigenvalue weighted by atomic mass is 32.2. The van der Waals surface area contributed by atoms with Gasteiger partial charge in [0.15, 0.2) is 9.84 Å². The van der Waals surface area contributed by atoms with Crippen LogP contribution in [0, 0.1) is 0 Å². The molecule has 0 amide bonds. The molecule has 0 aromatic heterocycles. The summed E-state index contributed by atoms with van der Waals surface area (Å²) >= 11 is 0. The summed E-state index contributed by atoms with van der Waals surface area (Å²) in [5.41, 5.74) is -0.273. The van der Waals surface area contributed by atoms with Crippen LogP contribution in [0.3, 0.4) is 0 Å². The third kappa shape index (κ3) is 1.92. The fraction of sp³-hybridized carbons (Fsp3) is 1.00. The fourth-order valence-electron chi connectivity index (χ4n) is 2.77. The Bertz CT molecular complexity index is 350. The molecule has 2 fully saturated rings. The lowest BCUT2D eigenvalue weighted by molar-refractivity contribution is 0.0361. The second-order valence-corrected chi connectivity index (χ2v) is 7.44. The summed E-state index contributed by atoms with van der Waals surface area (Å²) < 4.78 is 22.8. The minimum Gasteiger partial charge on any atom is -0.391 e. The Morgan fingerprint density at radius 2 is 2.00 bits per heavy atom. The van der Waals surface area contributed by atoms with Crippen molar-refractivity contribution in [2.45, 2.75) is 44.4 Å². The number of hydrogen-bond acceptors (Lipinski definition) is 4. The SMILES string of the molecule is CC1(C)C(O)CCN1C1CCS(=O)(=O)C1. The van der Waals surface area contributed by atoms with Gasteiger partial charge in [-0.1, -0.05) is 0 Å². The lowest BCUT2D eigenvalue weighted by atomic mass is 9.97. The van der Waals surface area contributed by atoms with Crippen LogP contribution in [0.2, 0.25) is 0 Å². The van der Waals surface area contributed by atoms with Crippen LogP contribution in [0.1, 0.15) is 26.7 Å². The highest BCUT2D eigenvalue weighted by Gasteiger charge is 2.46. The average Bonchev–Trinajstić information content (AvgIpc) is 2.56. The van der Waals surface area contributed by atoms with E-state index in [9.17, 15) is 13.5 Å². The third-order valence-electron chi connectivity index (χ3n) is 3.85. The van der Waals surface area contributed by atoms with Crippen LogP contribution in [0.25, 0.3) is 0 Å². The maximum absolute atomic E-state index is 11.4. The van der Waals surface area contributed by atoms with Gasteiger partial charge in [0.05, 0.1) is 17.6 Å². The third-order valence-corrected chi connectivity index (χ3v) is 5.60. The zero-order chi connectivity index (χ0) is 11.3. The van der Waals surface area contributed by atoms with Gasteiger partial charge in [-0.05, 0) is 26.7 Å². The fourth-order valence-corrected chi connectivity index (χ4v) is 4.50. The molecule has 0 aromatic carbocycles. The van der Waals surface area contributed by atoms with E-state index in [1.165, 1.54) is 0 Å². The van der Waals surface area contributed by atoms with Gasteiger partial charge in [-0.3, -0.25) is 4.90 Å². The molecule has 0 saturated carbocycles. The number of aliphatic hydroxyl groups excluding tert-OH is 1. The first kappa shape index (κ1) is 11.4. The Kier molecular flexibility index (Phi) is 2.60. The normalized spacial score (nSPS) is 39.7. The summed E-state index contributed by atoms with van der Waals surface area (Å²) in [4.78, 5) is 2.17. The number of rotatable bonds is 1. The Morgan fingerprint density at radius 3 is 2.40 bits per heavy atom. The molecule has 1 N–H and O–H groups in total. The quantitative estimate of drug-likeness (QED) is 0.693. The molecule has 2 aliphatic heterocycles. The van der Waals surface area contributed by atoms with Gasteiger partial charge >= 0.3 is 0 Å². The van der Waals surface area contributed by atoms with Gasteiger partial charge in [-0.15, -0.1) is 0 Å². The molecule has 4 nitrogen and oxygen atoms in total. The molecule has 15 heavy (non-hydrogen) atoms. The number of nitrogens with zero attached hydrogens (tertiary/aromatic N) is 1. The average molecular weight is 233 g/mol. The molecule has 5 heteroatoms. The molecule has 0 bridgehead atoms. The first-order valence-electron chi connectivity index (χ1n) is 5.48. The van der Waals surface area contributed by atoms with E-state index in [1.54, 1.807) is 0 Å². The Morgan fingerprint density at radius 1 is 1.33 bits per heavy atom. The molecular formula is C10H19NO3S. The van der Waals surface area contributed by atoms with Gasteiger partial charge in [0.2, 0.25) is 0 Å². The summed E-state index contributed by atoms with van der Waals surface area (Å²) in [6.45, 7) is 4.81. The molecule has 0 radical (unpaired) electrons. The largest absolute Gasteiger partial charge is 0.391 e. The lowest BCUT2D eigenvalue weighted by Crippen LogP contribution is -2.50. The predicted molar refractivity (Wildman–Crippen MR) is 58.5 cm³/mol. The maximum Gasteiger partial charge on any atom is 0.151 e. The van der Waals surface area contributed by atoms with Crippen molar-refractivity contribution in [3.8, 4) is 0 Å². The van der Waals surface area contributed by atoms with Crippen molar-refractivity contribution >= 4 is 9.84 Å². The van der Waals surface area contributed by atoms with Gasteiger partial charge in [-0.25, -0.2) is 8.42 Å². The standard InChI is InChI=1S/C10H19NO3S/c1-10(2)9(12)3-5-11(10)8-4-6-15(13,14)7-8/h8-9,12H,3-7H2,1-2H3. The molecule has 2 atom stereocenters. The Hall–Kier alpha value is -0.130. The summed E-state index contributed by atoms with van der Waals surface area (Å²) in [5.74, 6) is 0.573. The molecule has 2 heterocycles. The van der Waals surface area contributed by atoms with E-state index < -0.39 is 9.84 Å². The monoisotopic (exact) mass is 233 g/mol. The van der Waals surface area contributed by atoms with Gasteiger partial charge in [0.25, 0.3) is 0 Å². The number of sulfone groups is 1. The molecule has 2 saturated heterocycles. The van der Waals surface area contributed by atoms with E-state index in [2.05, 4.69) is 4.90 Å². The van der Waals surface area contributed by atoms with Crippen LogP contribution >= 0.6 is 0 Å². The highest BCUT2D eigenvalue weighted by Crippen LogP contribution is 2.34. The topological polar surface area (TPSA) is 57.6 Å². The molecule has 2 rings (SSSR count). The minimum atomic E-state index is -2.82. The van der Waals surface area contributed by atoms with Crippen molar-refractivity contribution in [2.75, 3.05) is 18.1 Å². The van der Waals surface area contributed by atoms with Crippen LogP contribution in [-0.2, 0) is 9.84 Å². The van der Waals surface area contributed by atoms with Crippen LogP contribution in [0.5, 0.6) is 0 Å². The molecule has 0 aliphatic carbocycles. The first-order valence-corrected chi connectivity index (χ1v) is 7.30. The van der Waals surface area contributed by atoms with Crippen molar-refractivity contribution in [1.82, 2.24) is 4.90 Å². The van der Waals surface area contributed by atoms with Gasteiger partial charge in [-0.2, -0.15) is 0 Å². The summed E-state index contributed by atoms with van der Waals surface area (Å²) in [6.07, 6.45) is 1.14. The summed E-state index contributed by atoms with van der Waals surface area (Å²) in [5, 5.41) is 9.83. The molecular weight excluding hydrogens is 214 g/mol. The second kappa shape index (κ2) is 3.43. The van der Waals surface area contributed by atoms with Crippen molar-refractivity contribution in [3.05, 3.63) is 0 Å².